The van der Waals surface area contributed by atoms with Crippen molar-refractivity contribution in [2.24, 2.45) is 0 Å². The van der Waals surface area contributed by atoms with Crippen molar-refractivity contribution in [2.75, 3.05) is 5.73 Å². The molecule has 0 aliphatic heterocycles. The van der Waals surface area contributed by atoms with Crippen LogP contribution in [0.2, 0.25) is 0 Å². The van der Waals surface area contributed by atoms with Crippen LogP contribution in [0, 0.1) is 11.3 Å². The molecule has 0 spiro atoms. The maximum Gasteiger partial charge on any atom is 0.103 e. The molecule has 10 heavy (non-hydrogen) atoms. The third-order valence-electron chi connectivity index (χ3n) is 1.06. The van der Waals surface area contributed by atoms with Crippen LogP contribution in [0.15, 0.2) is 16.9 Å². The van der Waals surface area contributed by atoms with Gasteiger partial charge in [-0.2, -0.15) is 5.26 Å². The molecule has 0 bridgehead atoms. The quantitative estimate of drug-likeness (QED) is 0.683. The first-order valence-electron chi connectivity index (χ1n) is 2.55. The lowest BCUT2D eigenvalue weighted by Gasteiger charge is -1.96. The molecule has 0 saturated heterocycles. The molecule has 4 heteroatoms. The number of hydrogen-bond donors (Lipinski definition) is 1. The molecule has 1 heterocycles. The van der Waals surface area contributed by atoms with Gasteiger partial charge in [-0.3, -0.25) is 4.98 Å². The number of nitriles is 1. The second-order valence-electron chi connectivity index (χ2n) is 1.69. The van der Waals surface area contributed by atoms with Gasteiger partial charge in [0.05, 0.1) is 15.7 Å². The second kappa shape index (κ2) is 2.67. The third-order valence-corrected chi connectivity index (χ3v) is 1.69. The number of pyridine rings is 1. The highest BCUT2D eigenvalue weighted by Gasteiger charge is 2.00. The van der Waals surface area contributed by atoms with E-state index in [1.165, 1.54) is 6.20 Å². The molecular weight excluding hydrogens is 194 g/mol. The van der Waals surface area contributed by atoms with Gasteiger partial charge in [0.15, 0.2) is 0 Å². The van der Waals surface area contributed by atoms with E-state index in [1.54, 1.807) is 6.20 Å². The highest BCUT2D eigenvalue weighted by atomic mass is 79.9. The molecule has 0 unspecified atom stereocenters. The second-order valence-corrected chi connectivity index (χ2v) is 2.55. The molecule has 0 aliphatic carbocycles. The van der Waals surface area contributed by atoms with Gasteiger partial charge in [0, 0.05) is 12.4 Å². The third kappa shape index (κ3) is 1.09. The summed E-state index contributed by atoms with van der Waals surface area (Å²) in [6.07, 6.45) is 2.98. The van der Waals surface area contributed by atoms with Crippen LogP contribution in [0.25, 0.3) is 0 Å². The number of aromatic nitrogens is 1. The van der Waals surface area contributed by atoms with E-state index < -0.39 is 0 Å². The van der Waals surface area contributed by atoms with Crippen LogP contribution in [0.5, 0.6) is 0 Å². The molecule has 0 fully saturated rings. The molecule has 1 rings (SSSR count). The zero-order chi connectivity index (χ0) is 7.56. The normalized spacial score (nSPS) is 8.80. The summed E-state index contributed by atoms with van der Waals surface area (Å²) in [6.45, 7) is 0. The van der Waals surface area contributed by atoms with Gasteiger partial charge >= 0.3 is 0 Å². The van der Waals surface area contributed by atoms with Crippen LogP contribution in [-0.2, 0) is 0 Å². The molecular formula is C6H4BrN3. The predicted molar refractivity (Wildman–Crippen MR) is 41.1 cm³/mol. The van der Waals surface area contributed by atoms with Gasteiger partial charge in [0.1, 0.15) is 6.07 Å². The lowest BCUT2D eigenvalue weighted by Crippen LogP contribution is -1.92. The zero-order valence-corrected chi connectivity index (χ0v) is 6.59. The Morgan fingerprint density at radius 1 is 1.60 bits per heavy atom. The summed E-state index contributed by atoms with van der Waals surface area (Å²) in [5.41, 5.74) is 6.32. The minimum absolute atomic E-state index is 0.398. The van der Waals surface area contributed by atoms with Gasteiger partial charge < -0.3 is 5.73 Å². The summed E-state index contributed by atoms with van der Waals surface area (Å²) in [6, 6.07) is 1.92. The Morgan fingerprint density at radius 3 is 2.80 bits per heavy atom. The number of nitrogens with two attached hydrogens (primary N) is 1. The smallest absolute Gasteiger partial charge is 0.103 e. The predicted octanol–water partition coefficient (Wildman–Crippen LogP) is 1.30. The van der Waals surface area contributed by atoms with Crippen molar-refractivity contribution in [1.29, 1.82) is 5.26 Å². The Labute approximate surface area is 66.6 Å². The summed E-state index contributed by atoms with van der Waals surface area (Å²) in [5.74, 6) is 0. The van der Waals surface area contributed by atoms with Crippen LogP contribution < -0.4 is 5.73 Å². The van der Waals surface area contributed by atoms with Gasteiger partial charge in [-0.05, 0) is 15.9 Å². The van der Waals surface area contributed by atoms with Crippen molar-refractivity contribution in [3.8, 4) is 6.07 Å². The first-order valence-corrected chi connectivity index (χ1v) is 3.34. The molecule has 1 aromatic rings. The van der Waals surface area contributed by atoms with E-state index in [4.69, 9.17) is 11.0 Å². The van der Waals surface area contributed by atoms with E-state index in [9.17, 15) is 0 Å². The van der Waals surface area contributed by atoms with E-state index in [0.717, 1.165) is 0 Å². The average Bonchev–Trinajstić information content (AvgIpc) is 1.95. The molecule has 0 aromatic carbocycles. The van der Waals surface area contributed by atoms with Crippen LogP contribution in [-0.4, -0.2) is 4.98 Å². The maximum atomic E-state index is 8.45. The molecule has 0 aliphatic rings. The Bertz CT molecular complexity index is 290. The van der Waals surface area contributed by atoms with Gasteiger partial charge in [0.2, 0.25) is 0 Å². The van der Waals surface area contributed by atoms with Crippen LogP contribution in [0.4, 0.5) is 5.69 Å². The first kappa shape index (κ1) is 7.03. The maximum absolute atomic E-state index is 8.45. The lowest BCUT2D eigenvalue weighted by molar-refractivity contribution is 1.29. The molecule has 0 saturated carbocycles. The fourth-order valence-corrected chi connectivity index (χ4v) is 0.866. The standard InChI is InChI=1S/C6H4BrN3/c7-5-3-10-2-4(1-8)6(5)9/h2-3H,(H2,9,10). The van der Waals surface area contributed by atoms with E-state index >= 15 is 0 Å². The number of nitrogens with zero attached hydrogens (tertiary/aromatic N) is 2. The fourth-order valence-electron chi connectivity index (χ4n) is 0.534. The summed E-state index contributed by atoms with van der Waals surface area (Å²) in [4.78, 5) is 3.77. The Morgan fingerprint density at radius 2 is 2.30 bits per heavy atom. The monoisotopic (exact) mass is 197 g/mol. The van der Waals surface area contributed by atoms with Crippen molar-refractivity contribution >= 4 is 21.6 Å². The van der Waals surface area contributed by atoms with E-state index in [0.29, 0.717) is 15.7 Å². The molecule has 0 radical (unpaired) electrons. The summed E-state index contributed by atoms with van der Waals surface area (Å²) in [7, 11) is 0. The van der Waals surface area contributed by atoms with E-state index in [1.807, 2.05) is 6.07 Å². The summed E-state index contributed by atoms with van der Waals surface area (Å²) in [5, 5.41) is 8.45. The molecule has 3 nitrogen and oxygen atoms in total. The van der Waals surface area contributed by atoms with Crippen LogP contribution >= 0.6 is 15.9 Å². The van der Waals surface area contributed by atoms with Gasteiger partial charge in [-0.15, -0.1) is 0 Å². The Kier molecular flexibility index (Phi) is 1.88. The van der Waals surface area contributed by atoms with Crippen LogP contribution in [0.1, 0.15) is 5.56 Å². The summed E-state index contributed by atoms with van der Waals surface area (Å²) < 4.78 is 0.659. The Balaban J connectivity index is 3.31. The van der Waals surface area contributed by atoms with Gasteiger partial charge in [0.25, 0.3) is 0 Å². The molecule has 0 amide bonds. The number of rotatable bonds is 0. The summed E-state index contributed by atoms with van der Waals surface area (Å²) >= 11 is 3.15. The van der Waals surface area contributed by atoms with E-state index in [-0.39, 0.29) is 0 Å². The molecule has 1 aromatic heterocycles. The first-order chi connectivity index (χ1) is 4.75. The number of nitrogen functional groups attached to an aromatic ring is 1. The lowest BCUT2D eigenvalue weighted by atomic mass is 10.3. The number of anilines is 1. The van der Waals surface area contributed by atoms with Gasteiger partial charge in [-0.1, -0.05) is 0 Å². The van der Waals surface area contributed by atoms with Crippen molar-refractivity contribution in [2.45, 2.75) is 0 Å². The minimum atomic E-state index is 0.398. The zero-order valence-electron chi connectivity index (χ0n) is 5.00. The van der Waals surface area contributed by atoms with Crippen molar-refractivity contribution in [1.82, 2.24) is 4.98 Å². The number of hydrogen-bond acceptors (Lipinski definition) is 3. The Hall–Kier alpha value is -1.08. The van der Waals surface area contributed by atoms with Crippen molar-refractivity contribution in [3.05, 3.63) is 22.4 Å². The van der Waals surface area contributed by atoms with Crippen LogP contribution in [0.3, 0.4) is 0 Å². The molecule has 0 atom stereocenters. The highest BCUT2D eigenvalue weighted by Crippen LogP contribution is 2.20. The molecule has 2 N–H and O–H groups in total. The minimum Gasteiger partial charge on any atom is -0.397 e. The van der Waals surface area contributed by atoms with Gasteiger partial charge in [-0.25, -0.2) is 0 Å². The van der Waals surface area contributed by atoms with Crippen molar-refractivity contribution in [3.63, 3.8) is 0 Å². The highest BCUT2D eigenvalue weighted by molar-refractivity contribution is 9.10. The fraction of sp³-hybridized carbons (Fsp3) is 0. The largest absolute Gasteiger partial charge is 0.397 e. The SMILES string of the molecule is N#Cc1cncc(Br)c1N. The molecule has 50 valence electrons. The average molecular weight is 198 g/mol. The van der Waals surface area contributed by atoms with E-state index in [2.05, 4.69) is 20.9 Å². The van der Waals surface area contributed by atoms with Crippen molar-refractivity contribution < 1.29 is 0 Å². The number of halogens is 1. The topological polar surface area (TPSA) is 62.7 Å².